The third-order valence-electron chi connectivity index (χ3n) is 2.00. The van der Waals surface area contributed by atoms with E-state index < -0.39 is 0 Å². The summed E-state index contributed by atoms with van der Waals surface area (Å²) in [4.78, 5) is 3.12. The minimum atomic E-state index is 0.410. The lowest BCUT2D eigenvalue weighted by Gasteiger charge is -1.98. The molecule has 0 aliphatic rings. The van der Waals surface area contributed by atoms with Crippen LogP contribution in [-0.2, 0) is 17.7 Å². The van der Waals surface area contributed by atoms with Crippen LogP contribution < -0.4 is 4.57 Å². The molecule has 4 heteroatoms. The molecule has 0 fully saturated rings. The van der Waals surface area contributed by atoms with Crippen LogP contribution in [0.2, 0.25) is 0 Å². The number of imidazole rings is 1. The van der Waals surface area contributed by atoms with Crippen molar-refractivity contribution in [2.75, 3.05) is 13.2 Å². The normalized spacial score (nSPS) is 10.0. The highest BCUT2D eigenvalue weighted by atomic mass is 16.5. The van der Waals surface area contributed by atoms with Crippen molar-refractivity contribution in [3.05, 3.63) is 18.2 Å². The molecule has 76 valence electrons. The molecule has 0 spiro atoms. The van der Waals surface area contributed by atoms with Crippen molar-refractivity contribution < 1.29 is 9.30 Å². The molecular weight excluding hydrogens is 178 g/mol. The SMILES string of the molecule is CCOCCCc1[nH]cc[n+]1CC#N. The van der Waals surface area contributed by atoms with Crippen molar-refractivity contribution in [2.24, 2.45) is 0 Å². The fourth-order valence-electron chi connectivity index (χ4n) is 1.32. The zero-order valence-corrected chi connectivity index (χ0v) is 8.49. The summed E-state index contributed by atoms with van der Waals surface area (Å²) in [6, 6.07) is 2.12. The lowest BCUT2D eigenvalue weighted by atomic mass is 10.3. The van der Waals surface area contributed by atoms with Gasteiger partial charge in [0.25, 0.3) is 5.82 Å². The van der Waals surface area contributed by atoms with E-state index in [-0.39, 0.29) is 0 Å². The highest BCUT2D eigenvalue weighted by molar-refractivity contribution is 4.78. The largest absolute Gasteiger partial charge is 0.382 e. The first kappa shape index (κ1) is 10.7. The Morgan fingerprint density at radius 2 is 2.50 bits per heavy atom. The standard InChI is InChI=1S/C10H15N3O/c1-2-14-9-3-4-10-12-6-8-13(10)7-5-11/h6,8H,2-4,7,9H2,1H3/p+1. The number of H-pyrrole nitrogens is 1. The second kappa shape index (κ2) is 6.17. The van der Waals surface area contributed by atoms with Gasteiger partial charge in [-0.15, -0.1) is 0 Å². The molecule has 0 unspecified atom stereocenters. The Bertz CT molecular complexity index is 301. The van der Waals surface area contributed by atoms with E-state index in [4.69, 9.17) is 10.00 Å². The molecule has 0 amide bonds. The molecule has 0 aliphatic heterocycles. The lowest BCUT2D eigenvalue weighted by Crippen LogP contribution is -2.35. The molecule has 4 nitrogen and oxygen atoms in total. The lowest BCUT2D eigenvalue weighted by molar-refractivity contribution is -0.691. The number of ether oxygens (including phenoxy) is 1. The maximum Gasteiger partial charge on any atom is 0.255 e. The van der Waals surface area contributed by atoms with Crippen LogP contribution in [0.1, 0.15) is 19.2 Å². The minimum Gasteiger partial charge on any atom is -0.382 e. The van der Waals surface area contributed by atoms with Crippen LogP contribution in [0.15, 0.2) is 12.4 Å². The van der Waals surface area contributed by atoms with Gasteiger partial charge in [-0.2, -0.15) is 5.26 Å². The zero-order chi connectivity index (χ0) is 10.2. The van der Waals surface area contributed by atoms with E-state index in [1.807, 2.05) is 23.9 Å². The number of nitrogens with zero attached hydrogens (tertiary/aromatic N) is 2. The predicted molar refractivity (Wildman–Crippen MR) is 51.4 cm³/mol. The summed E-state index contributed by atoms with van der Waals surface area (Å²) >= 11 is 0. The van der Waals surface area contributed by atoms with Gasteiger partial charge >= 0.3 is 0 Å². The summed E-state index contributed by atoms with van der Waals surface area (Å²) < 4.78 is 7.17. The van der Waals surface area contributed by atoms with Crippen LogP contribution in [0.25, 0.3) is 0 Å². The Hall–Kier alpha value is -1.34. The van der Waals surface area contributed by atoms with Crippen molar-refractivity contribution in [3.8, 4) is 6.07 Å². The fourth-order valence-corrected chi connectivity index (χ4v) is 1.32. The molecule has 1 rings (SSSR count). The summed E-state index contributed by atoms with van der Waals surface area (Å²) in [6.07, 6.45) is 5.65. The van der Waals surface area contributed by atoms with Crippen LogP contribution in [0.3, 0.4) is 0 Å². The van der Waals surface area contributed by atoms with Gasteiger partial charge in [0, 0.05) is 13.2 Å². The van der Waals surface area contributed by atoms with Gasteiger partial charge in [-0.3, -0.25) is 0 Å². The van der Waals surface area contributed by atoms with E-state index in [1.54, 1.807) is 0 Å². The third-order valence-corrected chi connectivity index (χ3v) is 2.00. The number of hydrogen-bond acceptors (Lipinski definition) is 2. The zero-order valence-electron chi connectivity index (χ0n) is 8.49. The van der Waals surface area contributed by atoms with E-state index in [1.165, 1.54) is 0 Å². The second-order valence-corrected chi connectivity index (χ2v) is 2.99. The summed E-state index contributed by atoms with van der Waals surface area (Å²) in [7, 11) is 0. The highest BCUT2D eigenvalue weighted by Gasteiger charge is 2.08. The average molecular weight is 194 g/mol. The van der Waals surface area contributed by atoms with Gasteiger partial charge in [0.2, 0.25) is 0 Å². The van der Waals surface area contributed by atoms with Crippen molar-refractivity contribution in [3.63, 3.8) is 0 Å². The summed E-state index contributed by atoms with van der Waals surface area (Å²) in [5.74, 6) is 1.09. The number of nitrogens with one attached hydrogen (secondary N) is 1. The average Bonchev–Trinajstić information content (AvgIpc) is 2.61. The second-order valence-electron chi connectivity index (χ2n) is 2.99. The number of aromatic nitrogens is 2. The molecule has 0 radical (unpaired) electrons. The first-order chi connectivity index (χ1) is 6.88. The van der Waals surface area contributed by atoms with Gasteiger partial charge in [-0.05, 0) is 13.3 Å². The maximum absolute atomic E-state index is 8.56. The molecule has 0 aliphatic carbocycles. The van der Waals surface area contributed by atoms with Gasteiger partial charge in [0.05, 0.1) is 6.42 Å². The molecule has 1 aromatic heterocycles. The van der Waals surface area contributed by atoms with Gasteiger partial charge < -0.3 is 4.74 Å². The molecule has 0 saturated heterocycles. The van der Waals surface area contributed by atoms with Crippen molar-refractivity contribution in [2.45, 2.75) is 26.3 Å². The van der Waals surface area contributed by atoms with Gasteiger partial charge in [0.1, 0.15) is 18.5 Å². The Labute approximate surface area is 84.1 Å². The fraction of sp³-hybridized carbons (Fsp3) is 0.600. The Balaban J connectivity index is 2.35. The first-order valence-electron chi connectivity index (χ1n) is 4.89. The van der Waals surface area contributed by atoms with E-state index in [0.717, 1.165) is 31.9 Å². The predicted octanol–water partition coefficient (Wildman–Crippen LogP) is 0.795. The van der Waals surface area contributed by atoms with Crippen LogP contribution >= 0.6 is 0 Å². The maximum atomic E-state index is 8.56. The van der Waals surface area contributed by atoms with Crippen LogP contribution in [0, 0.1) is 11.3 Å². The van der Waals surface area contributed by atoms with Crippen molar-refractivity contribution in [1.29, 1.82) is 5.26 Å². The number of nitriles is 1. The van der Waals surface area contributed by atoms with Gasteiger partial charge in [-0.25, -0.2) is 9.55 Å². The summed E-state index contributed by atoms with van der Waals surface area (Å²) in [5.41, 5.74) is 0. The van der Waals surface area contributed by atoms with Crippen molar-refractivity contribution in [1.82, 2.24) is 4.98 Å². The van der Waals surface area contributed by atoms with Crippen molar-refractivity contribution >= 4 is 0 Å². The molecular formula is C10H16N3O+. The minimum absolute atomic E-state index is 0.410. The number of aromatic amines is 1. The van der Waals surface area contributed by atoms with E-state index in [9.17, 15) is 0 Å². The topological polar surface area (TPSA) is 52.7 Å². The molecule has 0 bridgehead atoms. The van der Waals surface area contributed by atoms with Crippen LogP contribution in [0.4, 0.5) is 0 Å². The number of hydrogen-bond donors (Lipinski definition) is 1. The van der Waals surface area contributed by atoms with E-state index >= 15 is 0 Å². The first-order valence-corrected chi connectivity index (χ1v) is 4.89. The molecule has 1 N–H and O–H groups in total. The van der Waals surface area contributed by atoms with Crippen LogP contribution in [0.5, 0.6) is 0 Å². The van der Waals surface area contributed by atoms with Gasteiger partial charge in [0.15, 0.2) is 6.54 Å². The Morgan fingerprint density at radius 1 is 1.64 bits per heavy atom. The molecule has 0 saturated carbocycles. The number of aryl methyl sites for hydroxylation is 1. The Morgan fingerprint density at radius 3 is 3.21 bits per heavy atom. The Kier molecular flexibility index (Phi) is 4.73. The third kappa shape index (κ3) is 3.19. The van der Waals surface area contributed by atoms with E-state index in [2.05, 4.69) is 11.1 Å². The molecule has 0 aromatic carbocycles. The monoisotopic (exact) mass is 194 g/mol. The molecule has 1 heterocycles. The molecule has 1 aromatic rings. The number of rotatable bonds is 6. The molecule has 14 heavy (non-hydrogen) atoms. The summed E-state index contributed by atoms with van der Waals surface area (Å²) in [6.45, 7) is 3.95. The van der Waals surface area contributed by atoms with E-state index in [0.29, 0.717) is 6.54 Å². The van der Waals surface area contributed by atoms with Gasteiger partial charge in [-0.1, -0.05) is 0 Å². The quantitative estimate of drug-likeness (QED) is 0.538. The van der Waals surface area contributed by atoms with Crippen LogP contribution in [-0.4, -0.2) is 18.2 Å². The smallest absolute Gasteiger partial charge is 0.255 e. The highest BCUT2D eigenvalue weighted by Crippen LogP contribution is 1.94. The summed E-state index contributed by atoms with van der Waals surface area (Å²) in [5, 5.41) is 8.56. The molecule has 0 atom stereocenters.